The van der Waals surface area contributed by atoms with Gasteiger partial charge in [0.15, 0.2) is 0 Å². The van der Waals surface area contributed by atoms with Crippen LogP contribution >= 0.6 is 0 Å². The van der Waals surface area contributed by atoms with E-state index in [4.69, 9.17) is 27.7 Å². The Morgan fingerprint density at radius 3 is 1.59 bits per heavy atom. The van der Waals surface area contributed by atoms with Gasteiger partial charge < -0.3 is 4.42 Å². The Balaban J connectivity index is 1.40. The molecule has 0 saturated heterocycles. The van der Waals surface area contributed by atoms with Gasteiger partial charge in [0.05, 0.1) is 41.1 Å². The number of hydrogen-bond donors (Lipinski definition) is 0. The van der Waals surface area contributed by atoms with Gasteiger partial charge in [-0.15, -0.1) is 0 Å². The Kier molecular flexibility index (Phi) is 2.50. The highest BCUT2D eigenvalue weighted by Gasteiger charge is 2.21. The van der Waals surface area contributed by atoms with E-state index in [9.17, 15) is 17.8 Å². The molecular formula is C50H30O. The first-order chi connectivity index (χ1) is 37.8. The zero-order chi connectivity index (χ0) is 59.6. The molecule has 1 heteroatoms. The monoisotopic (exact) mass is 676 g/mol. The van der Waals surface area contributed by atoms with Crippen LogP contribution in [0.25, 0.3) is 109 Å². The third-order valence-corrected chi connectivity index (χ3v) is 8.56. The summed E-state index contributed by atoms with van der Waals surface area (Å²) in [4.78, 5) is 0. The molecule has 0 unspecified atom stereocenters. The molecule has 0 aliphatic rings. The maximum Gasteiger partial charge on any atom is 0.143 e. The minimum atomic E-state index is -1.08. The standard InChI is InChI=1S/C50H30O/c1-2-11-31(12-3-1)33-24-26-37-34(29-33)21-22-35-30-36(25-27-38(35)37)47-40-15-6-8-17-42(40)48(43-18-9-7-16-41(43)47)44-19-10-20-46-49(44)45-28-23-32-13-4-5-14-39(32)50(45)51-46/h1-30H/i1D,2D,3D,4D,5D,6D,7D,8D,9D,10D,11D,12D,13D,14D,15D,16D,17D,18D,19D,20D,21D,22D,23D,24D,25D,26D,27D,28D,29D,30D. The van der Waals surface area contributed by atoms with E-state index in [1.165, 1.54) is 0 Å². The topological polar surface area (TPSA) is 13.1 Å². The molecule has 0 aliphatic carbocycles. The third kappa shape index (κ3) is 4.22. The molecule has 0 spiro atoms. The van der Waals surface area contributed by atoms with Crippen LogP contribution in [-0.2, 0) is 0 Å². The lowest BCUT2D eigenvalue weighted by molar-refractivity contribution is 0.673. The highest BCUT2D eigenvalue weighted by atomic mass is 16.3. The Labute approximate surface area is 336 Å². The normalized spacial score (nSPS) is 20.2. The minimum Gasteiger partial charge on any atom is -0.455 e. The third-order valence-electron chi connectivity index (χ3n) is 8.56. The van der Waals surface area contributed by atoms with E-state index in [0.29, 0.717) is 0 Å². The first-order valence-corrected chi connectivity index (χ1v) is 15.2. The van der Waals surface area contributed by atoms with Crippen LogP contribution in [0.2, 0.25) is 0 Å². The number of fused-ring (bicyclic) bond motifs is 10. The lowest BCUT2D eigenvalue weighted by Gasteiger charge is -2.18. The van der Waals surface area contributed by atoms with E-state index in [2.05, 4.69) is 0 Å². The summed E-state index contributed by atoms with van der Waals surface area (Å²) in [5.74, 6) is 0. The summed E-state index contributed by atoms with van der Waals surface area (Å²) in [6.45, 7) is 0. The van der Waals surface area contributed by atoms with Crippen LogP contribution in [0.3, 0.4) is 0 Å². The molecule has 0 saturated carbocycles. The highest BCUT2D eigenvalue weighted by molar-refractivity contribution is 6.27. The molecular weight excluding hydrogens is 617 g/mol. The van der Waals surface area contributed by atoms with Crippen molar-refractivity contribution < 1.29 is 45.5 Å². The predicted molar refractivity (Wildman–Crippen MR) is 218 cm³/mol. The summed E-state index contributed by atoms with van der Waals surface area (Å²) in [7, 11) is 0. The van der Waals surface area contributed by atoms with E-state index in [-0.39, 0.29) is 0 Å². The van der Waals surface area contributed by atoms with Gasteiger partial charge in [-0.2, -0.15) is 0 Å². The first kappa shape index (κ1) is 11.7. The van der Waals surface area contributed by atoms with Crippen LogP contribution in [-0.4, -0.2) is 0 Å². The second kappa shape index (κ2) is 10.9. The Morgan fingerprint density at radius 1 is 0.333 bits per heavy atom. The average molecular weight is 677 g/mol. The quantitative estimate of drug-likeness (QED) is 0.134. The van der Waals surface area contributed by atoms with E-state index in [1.54, 1.807) is 0 Å². The van der Waals surface area contributed by atoms with Gasteiger partial charge in [0.25, 0.3) is 0 Å². The number of hydrogen-bond acceptors (Lipinski definition) is 1. The van der Waals surface area contributed by atoms with Crippen molar-refractivity contribution in [3.8, 4) is 33.4 Å². The molecule has 11 rings (SSSR count). The largest absolute Gasteiger partial charge is 0.455 e. The van der Waals surface area contributed by atoms with Gasteiger partial charge in [-0.25, -0.2) is 0 Å². The van der Waals surface area contributed by atoms with Gasteiger partial charge in [0.1, 0.15) is 11.2 Å². The number of furan rings is 1. The molecule has 11 aromatic rings. The Bertz CT molecular complexity index is 4820. The SMILES string of the molecule is [2H]c1c([2H])c([2H])c(-c2c([2H])c([2H])c3c(c2[2H])c([2H])c([2H])c2c([2H])c(-c4c5c([2H])c([2H])c([2H])c([2H])c5c(-c5c([2H])c([2H])c([2H])c6oc7c8c([2H])c([2H])c([2H])c([2H])c8c([2H])c([2H])c7c56)c5c([2H])c([2H])c([2H])c([2H])c45)c([2H])c([2H])c23)c([2H])c1[2H]. The van der Waals surface area contributed by atoms with E-state index in [1.807, 2.05) is 0 Å². The predicted octanol–water partition coefficient (Wildman–Crippen LogP) is 14.4. The summed E-state index contributed by atoms with van der Waals surface area (Å²) >= 11 is 0. The molecule has 51 heavy (non-hydrogen) atoms. The summed E-state index contributed by atoms with van der Waals surface area (Å²) in [5, 5.41) is -7.79. The molecule has 1 nitrogen and oxygen atoms in total. The average Bonchev–Trinajstić information content (AvgIpc) is 2.54. The second-order valence-corrected chi connectivity index (χ2v) is 11.3. The first-order valence-electron chi connectivity index (χ1n) is 30.2. The highest BCUT2D eigenvalue weighted by Crippen LogP contribution is 2.48. The van der Waals surface area contributed by atoms with Crippen molar-refractivity contribution in [2.45, 2.75) is 0 Å². The van der Waals surface area contributed by atoms with Crippen molar-refractivity contribution in [1.82, 2.24) is 0 Å². The summed E-state index contributed by atoms with van der Waals surface area (Å²) < 4.78 is 278. The summed E-state index contributed by atoms with van der Waals surface area (Å²) in [5.41, 5.74) is -5.68. The van der Waals surface area contributed by atoms with Crippen molar-refractivity contribution in [3.05, 3.63) is 181 Å². The molecule has 236 valence electrons. The zero-order valence-corrected chi connectivity index (χ0v) is 25.4. The Morgan fingerprint density at radius 2 is 0.882 bits per heavy atom. The number of benzene rings is 10. The van der Waals surface area contributed by atoms with Gasteiger partial charge >= 0.3 is 0 Å². The van der Waals surface area contributed by atoms with Crippen LogP contribution in [0.15, 0.2) is 186 Å². The van der Waals surface area contributed by atoms with Crippen LogP contribution in [0.4, 0.5) is 0 Å². The molecule has 0 fully saturated rings. The van der Waals surface area contributed by atoms with Gasteiger partial charge in [0.2, 0.25) is 0 Å². The fraction of sp³-hybridized carbons (Fsp3) is 0. The summed E-state index contributed by atoms with van der Waals surface area (Å²) in [6.07, 6.45) is 0. The van der Waals surface area contributed by atoms with Gasteiger partial charge in [-0.3, -0.25) is 0 Å². The molecule has 1 heterocycles. The van der Waals surface area contributed by atoms with E-state index < -0.39 is 290 Å². The lowest BCUT2D eigenvalue weighted by Crippen LogP contribution is -1.91. The summed E-state index contributed by atoms with van der Waals surface area (Å²) in [6, 6.07) is -27.9. The van der Waals surface area contributed by atoms with Gasteiger partial charge in [0, 0.05) is 16.2 Å². The number of rotatable bonds is 3. The Hall–Kier alpha value is -6.70. The molecule has 0 N–H and O–H groups in total. The van der Waals surface area contributed by atoms with Crippen LogP contribution in [0.1, 0.15) is 41.1 Å². The smallest absolute Gasteiger partial charge is 0.143 e. The van der Waals surface area contributed by atoms with Crippen LogP contribution in [0.5, 0.6) is 0 Å². The maximum atomic E-state index is 9.91. The van der Waals surface area contributed by atoms with Gasteiger partial charge in [-0.05, 0) is 106 Å². The van der Waals surface area contributed by atoms with Crippen molar-refractivity contribution in [2.75, 3.05) is 0 Å². The minimum absolute atomic E-state index is 0.471. The van der Waals surface area contributed by atoms with Crippen molar-refractivity contribution >= 4 is 75.8 Å². The van der Waals surface area contributed by atoms with Crippen molar-refractivity contribution in [2.24, 2.45) is 0 Å². The zero-order valence-electron chi connectivity index (χ0n) is 55.4. The molecule has 0 radical (unpaired) electrons. The van der Waals surface area contributed by atoms with Crippen molar-refractivity contribution in [3.63, 3.8) is 0 Å². The van der Waals surface area contributed by atoms with E-state index in [0.717, 1.165) is 0 Å². The van der Waals surface area contributed by atoms with Crippen LogP contribution < -0.4 is 0 Å². The van der Waals surface area contributed by atoms with Crippen LogP contribution in [0, 0.1) is 0 Å². The maximum absolute atomic E-state index is 9.91. The van der Waals surface area contributed by atoms with Crippen molar-refractivity contribution in [1.29, 1.82) is 0 Å². The second-order valence-electron chi connectivity index (χ2n) is 11.3. The molecule has 10 aromatic carbocycles. The molecule has 0 atom stereocenters. The van der Waals surface area contributed by atoms with E-state index >= 15 is 0 Å². The molecule has 0 aliphatic heterocycles. The molecule has 1 aromatic heterocycles. The van der Waals surface area contributed by atoms with Gasteiger partial charge in [-0.1, -0.05) is 157 Å². The fourth-order valence-corrected chi connectivity index (χ4v) is 6.41. The molecule has 0 bridgehead atoms. The fourth-order valence-electron chi connectivity index (χ4n) is 6.41. The molecule has 0 amide bonds. The lowest BCUT2D eigenvalue weighted by atomic mass is 9.84.